The first-order valence-corrected chi connectivity index (χ1v) is 11.9. The van der Waals surface area contributed by atoms with Crippen molar-refractivity contribution in [3.63, 3.8) is 0 Å². The van der Waals surface area contributed by atoms with Gasteiger partial charge in [-0.15, -0.1) is 0 Å². The highest BCUT2D eigenvalue weighted by Crippen LogP contribution is 2.44. The number of hydrogen-bond acceptors (Lipinski definition) is 6. The molecule has 176 valence electrons. The lowest BCUT2D eigenvalue weighted by Gasteiger charge is -2.32. The molecule has 10 heteroatoms. The second-order valence-electron chi connectivity index (χ2n) is 8.43. The molecule has 3 aliphatic rings. The maximum atomic E-state index is 13.7. The van der Waals surface area contributed by atoms with E-state index in [1.54, 1.807) is 18.2 Å². The maximum absolute atomic E-state index is 13.7. The van der Waals surface area contributed by atoms with Crippen molar-refractivity contribution in [1.29, 1.82) is 0 Å². The van der Waals surface area contributed by atoms with Gasteiger partial charge in [0.05, 0.1) is 18.8 Å². The lowest BCUT2D eigenvalue weighted by molar-refractivity contribution is -0.140. The number of alkyl halides is 2. The monoisotopic (exact) mass is 522 g/mol. The van der Waals surface area contributed by atoms with Gasteiger partial charge in [-0.05, 0) is 55.5 Å². The standard InChI is InChI=1S/C23H25BrF2N4O3/c1-32-23(31)17-4-5-18-20(27-17)22(28-30(18)14-6-9-33-10-7-14)29-8-2-3-13-11-16(24)15(21(25)26)12-19(13)29/h4-5,11-12,14,17,21,27H,2-3,6-10H2,1H3. The third kappa shape index (κ3) is 4.03. The molecule has 0 amide bonds. The zero-order valence-electron chi connectivity index (χ0n) is 18.2. The maximum Gasteiger partial charge on any atom is 0.332 e. The number of carbonyl (C=O) groups excluding carboxylic acids is 1. The van der Waals surface area contributed by atoms with E-state index in [0.717, 1.165) is 42.6 Å². The van der Waals surface area contributed by atoms with E-state index < -0.39 is 18.4 Å². The van der Waals surface area contributed by atoms with Crippen LogP contribution in [0.1, 0.15) is 48.6 Å². The normalized spacial score (nSPS) is 20.4. The van der Waals surface area contributed by atoms with E-state index in [-0.39, 0.29) is 11.6 Å². The molecule has 3 aliphatic heterocycles. The molecule has 1 atom stereocenters. The van der Waals surface area contributed by atoms with Gasteiger partial charge in [0.1, 0.15) is 11.7 Å². The predicted molar refractivity (Wildman–Crippen MR) is 124 cm³/mol. The van der Waals surface area contributed by atoms with Crippen LogP contribution < -0.4 is 10.2 Å². The number of halogens is 3. The Bertz CT molecular complexity index is 1100. The van der Waals surface area contributed by atoms with Gasteiger partial charge < -0.3 is 19.7 Å². The molecule has 1 aromatic carbocycles. The van der Waals surface area contributed by atoms with E-state index in [9.17, 15) is 13.6 Å². The first kappa shape index (κ1) is 22.3. The molecule has 0 aliphatic carbocycles. The molecule has 7 nitrogen and oxygen atoms in total. The number of ether oxygens (including phenoxy) is 2. The van der Waals surface area contributed by atoms with E-state index in [0.29, 0.717) is 35.7 Å². The van der Waals surface area contributed by atoms with Gasteiger partial charge in [-0.2, -0.15) is 5.10 Å². The molecule has 0 radical (unpaired) electrons. The van der Waals surface area contributed by atoms with Gasteiger partial charge in [-0.25, -0.2) is 13.6 Å². The summed E-state index contributed by atoms with van der Waals surface area (Å²) >= 11 is 3.30. The van der Waals surface area contributed by atoms with Crippen LogP contribution in [0, 0.1) is 0 Å². The Morgan fingerprint density at radius 1 is 1.33 bits per heavy atom. The average molecular weight is 523 g/mol. The number of fused-ring (bicyclic) bond motifs is 2. The highest BCUT2D eigenvalue weighted by atomic mass is 79.9. The minimum absolute atomic E-state index is 0.0429. The van der Waals surface area contributed by atoms with E-state index in [1.165, 1.54) is 7.11 Å². The van der Waals surface area contributed by atoms with Crippen LogP contribution in [0.4, 0.5) is 26.0 Å². The number of anilines is 3. The van der Waals surface area contributed by atoms with Gasteiger partial charge in [-0.1, -0.05) is 15.9 Å². The number of nitrogens with one attached hydrogen (secondary N) is 1. The largest absolute Gasteiger partial charge is 0.467 e. The van der Waals surface area contributed by atoms with E-state index in [2.05, 4.69) is 21.2 Å². The highest BCUT2D eigenvalue weighted by molar-refractivity contribution is 9.10. The Kier molecular flexibility index (Phi) is 6.13. The van der Waals surface area contributed by atoms with Crippen LogP contribution in [-0.2, 0) is 20.7 Å². The molecule has 2 aromatic rings. The fourth-order valence-electron chi connectivity index (χ4n) is 4.79. The molecule has 1 aromatic heterocycles. The van der Waals surface area contributed by atoms with Crippen molar-refractivity contribution in [1.82, 2.24) is 9.78 Å². The Balaban J connectivity index is 1.62. The summed E-state index contributed by atoms with van der Waals surface area (Å²) in [5, 5.41) is 8.25. The summed E-state index contributed by atoms with van der Waals surface area (Å²) in [5.41, 5.74) is 3.26. The number of rotatable bonds is 4. The van der Waals surface area contributed by atoms with Gasteiger partial charge in [0.15, 0.2) is 5.82 Å². The van der Waals surface area contributed by atoms with E-state index in [1.807, 2.05) is 15.7 Å². The lowest BCUT2D eigenvalue weighted by Crippen LogP contribution is -2.32. The van der Waals surface area contributed by atoms with Crippen molar-refractivity contribution in [2.45, 2.75) is 44.2 Å². The molecule has 0 saturated carbocycles. The van der Waals surface area contributed by atoms with Crippen molar-refractivity contribution >= 4 is 45.2 Å². The van der Waals surface area contributed by atoms with Gasteiger partial charge in [0, 0.05) is 35.5 Å². The Morgan fingerprint density at radius 3 is 2.85 bits per heavy atom. The van der Waals surface area contributed by atoms with Crippen LogP contribution in [-0.4, -0.2) is 48.7 Å². The molecule has 1 N–H and O–H groups in total. The van der Waals surface area contributed by atoms with Crippen molar-refractivity contribution in [3.05, 3.63) is 39.5 Å². The van der Waals surface area contributed by atoms with Crippen LogP contribution in [0.5, 0.6) is 0 Å². The van der Waals surface area contributed by atoms with E-state index >= 15 is 0 Å². The summed E-state index contributed by atoms with van der Waals surface area (Å²) in [6, 6.07) is 2.86. The Morgan fingerprint density at radius 2 is 2.12 bits per heavy atom. The van der Waals surface area contributed by atoms with Crippen LogP contribution in [0.2, 0.25) is 0 Å². The van der Waals surface area contributed by atoms with Crippen molar-refractivity contribution < 1.29 is 23.0 Å². The number of methoxy groups -OCH3 is 1. The average Bonchev–Trinajstić information content (AvgIpc) is 3.21. The fourth-order valence-corrected chi connectivity index (χ4v) is 5.36. The molecule has 5 rings (SSSR count). The first-order chi connectivity index (χ1) is 16.0. The van der Waals surface area contributed by atoms with Gasteiger partial charge in [0.2, 0.25) is 0 Å². The molecule has 0 spiro atoms. The van der Waals surface area contributed by atoms with Crippen LogP contribution in [0.15, 0.2) is 22.7 Å². The van der Waals surface area contributed by atoms with Crippen LogP contribution >= 0.6 is 15.9 Å². The number of aromatic nitrogens is 2. The summed E-state index contributed by atoms with van der Waals surface area (Å²) in [4.78, 5) is 14.2. The molecule has 1 saturated heterocycles. The zero-order valence-corrected chi connectivity index (χ0v) is 19.8. The highest BCUT2D eigenvalue weighted by Gasteiger charge is 2.33. The lowest BCUT2D eigenvalue weighted by atomic mass is 9.99. The SMILES string of the molecule is COC(=O)C1C=Cc2c(c(N3CCCc4cc(Br)c(C(F)F)cc43)nn2C2CCOCC2)N1. The number of carbonyl (C=O) groups is 1. The number of aryl methyl sites for hydroxylation is 1. The van der Waals surface area contributed by atoms with Gasteiger partial charge in [-0.3, -0.25) is 4.68 Å². The Labute approximate surface area is 198 Å². The quantitative estimate of drug-likeness (QED) is 0.570. The third-order valence-corrected chi connectivity index (χ3v) is 7.16. The molecule has 33 heavy (non-hydrogen) atoms. The molecular weight excluding hydrogens is 498 g/mol. The zero-order chi connectivity index (χ0) is 23.1. The number of nitrogens with zero attached hydrogens (tertiary/aromatic N) is 3. The second-order valence-corrected chi connectivity index (χ2v) is 9.29. The predicted octanol–water partition coefficient (Wildman–Crippen LogP) is 5.00. The van der Waals surface area contributed by atoms with Gasteiger partial charge >= 0.3 is 5.97 Å². The first-order valence-electron chi connectivity index (χ1n) is 11.1. The number of benzene rings is 1. The molecule has 1 unspecified atom stereocenters. The van der Waals surface area contributed by atoms with Gasteiger partial charge in [0.25, 0.3) is 6.43 Å². The molecular formula is C23H25BrF2N4O3. The summed E-state index contributed by atoms with van der Waals surface area (Å²) in [7, 11) is 1.35. The summed E-state index contributed by atoms with van der Waals surface area (Å²) < 4.78 is 40.2. The van der Waals surface area contributed by atoms with Crippen molar-refractivity contribution in [2.24, 2.45) is 0 Å². The fraction of sp³-hybridized carbons (Fsp3) is 0.478. The summed E-state index contributed by atoms with van der Waals surface area (Å²) in [6.07, 6.45) is 4.41. The topological polar surface area (TPSA) is 68.6 Å². The van der Waals surface area contributed by atoms with Crippen LogP contribution in [0.25, 0.3) is 6.08 Å². The second kappa shape index (κ2) is 9.06. The molecule has 0 bridgehead atoms. The number of hydrogen-bond donors (Lipinski definition) is 1. The minimum Gasteiger partial charge on any atom is -0.467 e. The van der Waals surface area contributed by atoms with E-state index in [4.69, 9.17) is 14.6 Å². The number of esters is 1. The molecule has 1 fully saturated rings. The van der Waals surface area contributed by atoms with Crippen LogP contribution in [0.3, 0.4) is 0 Å². The summed E-state index contributed by atoms with van der Waals surface area (Å²) in [6.45, 7) is 1.96. The summed E-state index contributed by atoms with van der Waals surface area (Å²) in [5.74, 6) is 0.239. The Hall–Kier alpha value is -2.46. The molecule has 4 heterocycles. The third-order valence-electron chi connectivity index (χ3n) is 6.47. The minimum atomic E-state index is -2.59. The van der Waals surface area contributed by atoms with Crippen molar-refractivity contribution in [3.8, 4) is 0 Å². The van der Waals surface area contributed by atoms with Crippen molar-refractivity contribution in [2.75, 3.05) is 37.1 Å². The smallest absolute Gasteiger partial charge is 0.332 e.